The SMILES string of the molecule is Cc1ccc2[nH]cc(C=CCO)c2c1. The highest BCUT2D eigenvalue weighted by Gasteiger charge is 1.99. The number of aryl methyl sites for hydroxylation is 1. The van der Waals surface area contributed by atoms with Gasteiger partial charge in [-0.25, -0.2) is 0 Å². The Balaban J connectivity index is 2.55. The fourth-order valence-corrected chi connectivity index (χ4v) is 1.57. The highest BCUT2D eigenvalue weighted by molar-refractivity contribution is 5.89. The Morgan fingerprint density at radius 2 is 2.29 bits per heavy atom. The van der Waals surface area contributed by atoms with Gasteiger partial charge in [-0.3, -0.25) is 0 Å². The summed E-state index contributed by atoms with van der Waals surface area (Å²) < 4.78 is 0. The van der Waals surface area contributed by atoms with Gasteiger partial charge in [0.05, 0.1) is 6.61 Å². The highest BCUT2D eigenvalue weighted by atomic mass is 16.2. The van der Waals surface area contributed by atoms with Crippen LogP contribution in [0.3, 0.4) is 0 Å². The zero-order valence-electron chi connectivity index (χ0n) is 8.12. The lowest BCUT2D eigenvalue weighted by Gasteiger charge is -1.94. The maximum Gasteiger partial charge on any atom is 0.0615 e. The lowest BCUT2D eigenvalue weighted by Crippen LogP contribution is -1.74. The molecular weight excluding hydrogens is 174 g/mol. The second-order valence-electron chi connectivity index (χ2n) is 3.38. The second kappa shape index (κ2) is 3.68. The van der Waals surface area contributed by atoms with Crippen LogP contribution < -0.4 is 0 Å². The fraction of sp³-hybridized carbons (Fsp3) is 0.167. The number of H-pyrrole nitrogens is 1. The number of aliphatic hydroxyl groups is 1. The molecule has 1 heterocycles. The zero-order valence-corrected chi connectivity index (χ0v) is 8.12. The van der Waals surface area contributed by atoms with Crippen LogP contribution in [0.2, 0.25) is 0 Å². The van der Waals surface area contributed by atoms with Crippen LogP contribution in [0.25, 0.3) is 17.0 Å². The van der Waals surface area contributed by atoms with E-state index < -0.39 is 0 Å². The number of rotatable bonds is 2. The summed E-state index contributed by atoms with van der Waals surface area (Å²) in [7, 11) is 0. The van der Waals surface area contributed by atoms with Crippen LogP contribution in [0.5, 0.6) is 0 Å². The van der Waals surface area contributed by atoms with Crippen molar-refractivity contribution in [3.8, 4) is 0 Å². The lowest BCUT2D eigenvalue weighted by atomic mass is 10.1. The molecule has 0 aliphatic rings. The van der Waals surface area contributed by atoms with E-state index in [2.05, 4.69) is 30.1 Å². The van der Waals surface area contributed by atoms with Crippen molar-refractivity contribution in [2.75, 3.05) is 6.61 Å². The van der Waals surface area contributed by atoms with E-state index >= 15 is 0 Å². The van der Waals surface area contributed by atoms with Crippen LogP contribution in [-0.2, 0) is 0 Å². The van der Waals surface area contributed by atoms with Gasteiger partial charge in [0.2, 0.25) is 0 Å². The van der Waals surface area contributed by atoms with E-state index in [1.165, 1.54) is 10.9 Å². The first kappa shape index (κ1) is 9.03. The number of aromatic amines is 1. The van der Waals surface area contributed by atoms with Crippen LogP contribution in [0.15, 0.2) is 30.5 Å². The van der Waals surface area contributed by atoms with E-state index in [0.29, 0.717) is 0 Å². The van der Waals surface area contributed by atoms with Crippen LogP contribution >= 0.6 is 0 Å². The van der Waals surface area contributed by atoms with Crippen LogP contribution in [0.1, 0.15) is 11.1 Å². The number of aromatic nitrogens is 1. The molecule has 2 nitrogen and oxygen atoms in total. The Morgan fingerprint density at radius 3 is 3.07 bits per heavy atom. The molecule has 14 heavy (non-hydrogen) atoms. The third kappa shape index (κ3) is 1.56. The Hall–Kier alpha value is -1.54. The standard InChI is InChI=1S/C12H13NO/c1-9-4-5-12-11(7-9)10(8-13-12)3-2-6-14/h2-5,7-8,13-14H,6H2,1H3. The minimum absolute atomic E-state index is 0.0818. The first-order chi connectivity index (χ1) is 6.81. The second-order valence-corrected chi connectivity index (χ2v) is 3.38. The maximum atomic E-state index is 8.69. The summed E-state index contributed by atoms with van der Waals surface area (Å²) in [6.07, 6.45) is 5.62. The van der Waals surface area contributed by atoms with Crippen LogP contribution in [0, 0.1) is 6.92 Å². The van der Waals surface area contributed by atoms with E-state index in [1.807, 2.05) is 12.3 Å². The molecule has 0 spiro atoms. The number of nitrogens with one attached hydrogen (secondary N) is 1. The van der Waals surface area contributed by atoms with Gasteiger partial charge in [-0.2, -0.15) is 0 Å². The van der Waals surface area contributed by atoms with Crippen LogP contribution in [0.4, 0.5) is 0 Å². The molecule has 0 bridgehead atoms. The monoisotopic (exact) mass is 187 g/mol. The van der Waals surface area contributed by atoms with Gasteiger partial charge in [0.15, 0.2) is 0 Å². The molecule has 0 aliphatic heterocycles. The molecule has 1 aromatic carbocycles. The molecule has 2 N–H and O–H groups in total. The minimum atomic E-state index is 0.0818. The number of fused-ring (bicyclic) bond motifs is 1. The van der Waals surface area contributed by atoms with Gasteiger partial charge in [0.25, 0.3) is 0 Å². The third-order valence-electron chi connectivity index (χ3n) is 2.27. The zero-order chi connectivity index (χ0) is 9.97. The van der Waals surface area contributed by atoms with Crippen LogP contribution in [-0.4, -0.2) is 16.7 Å². The average Bonchev–Trinajstić information content (AvgIpc) is 2.57. The molecule has 0 unspecified atom stereocenters. The highest BCUT2D eigenvalue weighted by Crippen LogP contribution is 2.20. The number of hydrogen-bond acceptors (Lipinski definition) is 1. The van der Waals surface area contributed by atoms with Gasteiger partial charge in [-0.15, -0.1) is 0 Å². The largest absolute Gasteiger partial charge is 0.392 e. The van der Waals surface area contributed by atoms with Gasteiger partial charge in [0, 0.05) is 17.1 Å². The molecule has 2 aromatic rings. The molecule has 0 aliphatic carbocycles. The summed E-state index contributed by atoms with van der Waals surface area (Å²) >= 11 is 0. The van der Waals surface area contributed by atoms with Gasteiger partial charge in [-0.1, -0.05) is 23.8 Å². The van der Waals surface area contributed by atoms with Crippen molar-refractivity contribution in [3.05, 3.63) is 41.6 Å². The Labute approximate surface area is 82.9 Å². The van der Waals surface area contributed by atoms with Crippen molar-refractivity contribution in [3.63, 3.8) is 0 Å². The smallest absolute Gasteiger partial charge is 0.0615 e. The summed E-state index contributed by atoms with van der Waals surface area (Å²) in [5.74, 6) is 0. The number of aliphatic hydroxyl groups excluding tert-OH is 1. The first-order valence-corrected chi connectivity index (χ1v) is 4.66. The predicted molar refractivity (Wildman–Crippen MR) is 59.2 cm³/mol. The first-order valence-electron chi connectivity index (χ1n) is 4.66. The van der Waals surface area contributed by atoms with E-state index in [1.54, 1.807) is 6.08 Å². The van der Waals surface area contributed by atoms with Crippen molar-refractivity contribution in [1.29, 1.82) is 0 Å². The van der Waals surface area contributed by atoms with Crippen molar-refractivity contribution in [1.82, 2.24) is 4.98 Å². The quantitative estimate of drug-likeness (QED) is 0.744. The van der Waals surface area contributed by atoms with Gasteiger partial charge in [-0.05, 0) is 24.6 Å². The number of hydrogen-bond donors (Lipinski definition) is 2. The molecule has 2 rings (SSSR count). The van der Waals surface area contributed by atoms with E-state index in [4.69, 9.17) is 5.11 Å². The number of benzene rings is 1. The molecule has 0 fully saturated rings. The molecule has 2 heteroatoms. The third-order valence-corrected chi connectivity index (χ3v) is 2.27. The molecular formula is C12H13NO. The minimum Gasteiger partial charge on any atom is -0.392 e. The Kier molecular flexibility index (Phi) is 2.37. The predicted octanol–water partition coefficient (Wildman–Crippen LogP) is 2.48. The van der Waals surface area contributed by atoms with E-state index in [9.17, 15) is 0 Å². The fourth-order valence-electron chi connectivity index (χ4n) is 1.57. The summed E-state index contributed by atoms with van der Waals surface area (Å²) in [5, 5.41) is 9.90. The topological polar surface area (TPSA) is 36.0 Å². The molecule has 0 saturated carbocycles. The van der Waals surface area contributed by atoms with Crippen molar-refractivity contribution in [2.45, 2.75) is 6.92 Å². The maximum absolute atomic E-state index is 8.69. The molecule has 0 atom stereocenters. The summed E-state index contributed by atoms with van der Waals surface area (Å²) in [4.78, 5) is 3.19. The van der Waals surface area contributed by atoms with E-state index in [0.717, 1.165) is 11.1 Å². The Bertz CT molecular complexity index is 468. The molecule has 0 amide bonds. The summed E-state index contributed by atoms with van der Waals surface area (Å²) in [6, 6.07) is 6.29. The Morgan fingerprint density at radius 1 is 1.43 bits per heavy atom. The van der Waals surface area contributed by atoms with Crippen molar-refractivity contribution in [2.24, 2.45) is 0 Å². The molecule has 0 radical (unpaired) electrons. The summed E-state index contributed by atoms with van der Waals surface area (Å²) in [6.45, 7) is 2.16. The lowest BCUT2D eigenvalue weighted by molar-refractivity contribution is 0.343. The molecule has 72 valence electrons. The van der Waals surface area contributed by atoms with Crippen molar-refractivity contribution < 1.29 is 5.11 Å². The summed E-state index contributed by atoms with van der Waals surface area (Å²) in [5.41, 5.74) is 3.50. The normalized spacial score (nSPS) is 11.6. The van der Waals surface area contributed by atoms with Gasteiger partial charge < -0.3 is 10.1 Å². The van der Waals surface area contributed by atoms with E-state index in [-0.39, 0.29) is 6.61 Å². The average molecular weight is 187 g/mol. The van der Waals surface area contributed by atoms with Gasteiger partial charge in [0.1, 0.15) is 0 Å². The molecule has 1 aromatic heterocycles. The van der Waals surface area contributed by atoms with Gasteiger partial charge >= 0.3 is 0 Å². The molecule has 0 saturated heterocycles. The van der Waals surface area contributed by atoms with Crippen molar-refractivity contribution >= 4 is 17.0 Å².